The van der Waals surface area contributed by atoms with Crippen molar-refractivity contribution in [3.05, 3.63) is 65.0 Å². The van der Waals surface area contributed by atoms with Crippen LogP contribution < -0.4 is 5.32 Å². The zero-order valence-electron chi connectivity index (χ0n) is 13.0. The van der Waals surface area contributed by atoms with E-state index in [1.54, 1.807) is 6.07 Å². The molecule has 0 bridgehead atoms. The van der Waals surface area contributed by atoms with E-state index in [-0.39, 0.29) is 5.82 Å². The third-order valence-corrected chi connectivity index (χ3v) is 3.82. The fourth-order valence-corrected chi connectivity index (χ4v) is 2.40. The molecule has 0 heterocycles. The van der Waals surface area contributed by atoms with Crippen LogP contribution in [0, 0.1) is 12.7 Å². The predicted molar refractivity (Wildman–Crippen MR) is 88.1 cm³/mol. The van der Waals surface area contributed by atoms with Gasteiger partial charge in [0.25, 0.3) is 0 Å². The Morgan fingerprint density at radius 2 is 1.76 bits per heavy atom. The maximum Gasteiger partial charge on any atom is 0.123 e. The van der Waals surface area contributed by atoms with Gasteiger partial charge in [0, 0.05) is 12.2 Å². The summed E-state index contributed by atoms with van der Waals surface area (Å²) in [5.41, 5.74) is 4.58. The molecule has 2 heteroatoms. The van der Waals surface area contributed by atoms with Crippen LogP contribution in [0.1, 0.15) is 42.9 Å². The molecule has 0 radical (unpaired) electrons. The topological polar surface area (TPSA) is 12.0 Å². The van der Waals surface area contributed by atoms with Crippen molar-refractivity contribution < 1.29 is 4.39 Å². The molecule has 0 amide bonds. The Bertz CT molecular complexity index is 560. The number of anilines is 1. The van der Waals surface area contributed by atoms with Crippen molar-refractivity contribution in [3.8, 4) is 0 Å². The lowest BCUT2D eigenvalue weighted by Crippen LogP contribution is -2.02. The van der Waals surface area contributed by atoms with Crippen LogP contribution in [-0.2, 0) is 13.0 Å². The lowest BCUT2D eigenvalue weighted by atomic mass is 10.1. The van der Waals surface area contributed by atoms with E-state index in [4.69, 9.17) is 0 Å². The monoisotopic (exact) mass is 285 g/mol. The minimum Gasteiger partial charge on any atom is -0.381 e. The van der Waals surface area contributed by atoms with Crippen molar-refractivity contribution in [3.63, 3.8) is 0 Å². The van der Waals surface area contributed by atoms with Gasteiger partial charge in [-0.2, -0.15) is 0 Å². The number of unbranched alkanes of at least 4 members (excludes halogenated alkanes) is 2. The highest BCUT2D eigenvalue weighted by molar-refractivity contribution is 5.45. The van der Waals surface area contributed by atoms with Crippen LogP contribution in [-0.4, -0.2) is 0 Å². The van der Waals surface area contributed by atoms with Crippen molar-refractivity contribution in [1.29, 1.82) is 0 Å². The smallest absolute Gasteiger partial charge is 0.123 e. The van der Waals surface area contributed by atoms with Crippen molar-refractivity contribution in [2.24, 2.45) is 0 Å². The molecule has 0 fully saturated rings. The summed E-state index contributed by atoms with van der Waals surface area (Å²) in [6, 6.07) is 13.5. The highest BCUT2D eigenvalue weighted by Crippen LogP contribution is 2.15. The molecule has 2 rings (SSSR count). The van der Waals surface area contributed by atoms with Crippen LogP contribution in [0.15, 0.2) is 42.5 Å². The first-order valence-corrected chi connectivity index (χ1v) is 7.77. The van der Waals surface area contributed by atoms with Crippen molar-refractivity contribution in [2.75, 3.05) is 5.32 Å². The van der Waals surface area contributed by atoms with Crippen molar-refractivity contribution in [2.45, 2.75) is 46.1 Å². The van der Waals surface area contributed by atoms with Gasteiger partial charge in [-0.05, 0) is 60.7 Å². The Balaban J connectivity index is 1.90. The Morgan fingerprint density at radius 1 is 1.00 bits per heavy atom. The molecule has 0 saturated carbocycles. The van der Waals surface area contributed by atoms with E-state index in [1.807, 2.05) is 13.0 Å². The average Bonchev–Trinajstić information content (AvgIpc) is 2.50. The molecule has 0 aliphatic heterocycles. The van der Waals surface area contributed by atoms with Gasteiger partial charge < -0.3 is 5.32 Å². The summed E-state index contributed by atoms with van der Waals surface area (Å²) in [4.78, 5) is 0. The summed E-state index contributed by atoms with van der Waals surface area (Å²) in [6.45, 7) is 4.88. The van der Waals surface area contributed by atoms with Crippen LogP contribution in [0.25, 0.3) is 0 Å². The second-order valence-electron chi connectivity index (χ2n) is 5.58. The van der Waals surface area contributed by atoms with Crippen molar-refractivity contribution >= 4 is 5.69 Å². The number of benzene rings is 2. The van der Waals surface area contributed by atoms with Crippen molar-refractivity contribution in [1.82, 2.24) is 0 Å². The molecule has 21 heavy (non-hydrogen) atoms. The van der Waals surface area contributed by atoms with Crippen LogP contribution in [0.4, 0.5) is 10.1 Å². The second-order valence-corrected chi connectivity index (χ2v) is 5.58. The van der Waals surface area contributed by atoms with Gasteiger partial charge in [-0.1, -0.05) is 38.0 Å². The summed E-state index contributed by atoms with van der Waals surface area (Å²) < 4.78 is 13.2. The summed E-state index contributed by atoms with van der Waals surface area (Å²) in [5, 5.41) is 3.36. The molecule has 0 atom stereocenters. The fraction of sp³-hybridized carbons (Fsp3) is 0.368. The molecular formula is C19H24FN. The molecule has 2 aromatic carbocycles. The molecule has 112 valence electrons. The van der Waals surface area contributed by atoms with E-state index in [1.165, 1.54) is 30.9 Å². The lowest BCUT2D eigenvalue weighted by molar-refractivity contribution is 0.625. The SMILES string of the molecule is CCCCCc1ccc(NCc2cc(F)ccc2C)cc1. The largest absolute Gasteiger partial charge is 0.381 e. The Labute approximate surface area is 127 Å². The van der Waals surface area contributed by atoms with Gasteiger partial charge in [-0.15, -0.1) is 0 Å². The fourth-order valence-electron chi connectivity index (χ4n) is 2.40. The Kier molecular flexibility index (Phi) is 5.79. The number of hydrogen-bond donors (Lipinski definition) is 1. The second kappa shape index (κ2) is 7.82. The normalized spacial score (nSPS) is 10.6. The third kappa shape index (κ3) is 4.89. The molecule has 0 aliphatic rings. The molecule has 1 nitrogen and oxygen atoms in total. The van der Waals surface area contributed by atoms with Gasteiger partial charge in [0.15, 0.2) is 0 Å². The van der Waals surface area contributed by atoms with Gasteiger partial charge in [-0.3, -0.25) is 0 Å². The van der Waals surface area contributed by atoms with E-state index < -0.39 is 0 Å². The number of rotatable bonds is 7. The van der Waals surface area contributed by atoms with E-state index >= 15 is 0 Å². The van der Waals surface area contributed by atoms with Crippen LogP contribution in [0.3, 0.4) is 0 Å². The van der Waals surface area contributed by atoms with E-state index in [0.29, 0.717) is 6.54 Å². The number of nitrogens with one attached hydrogen (secondary N) is 1. The van der Waals surface area contributed by atoms with Crippen LogP contribution >= 0.6 is 0 Å². The first kappa shape index (κ1) is 15.6. The molecule has 2 aromatic rings. The minimum absolute atomic E-state index is 0.177. The van der Waals surface area contributed by atoms with E-state index in [9.17, 15) is 4.39 Å². The van der Waals surface area contributed by atoms with Gasteiger partial charge in [0.1, 0.15) is 5.82 Å². The maximum absolute atomic E-state index is 13.2. The van der Waals surface area contributed by atoms with Gasteiger partial charge in [0.05, 0.1) is 0 Å². The first-order valence-electron chi connectivity index (χ1n) is 7.77. The summed E-state index contributed by atoms with van der Waals surface area (Å²) in [7, 11) is 0. The Morgan fingerprint density at radius 3 is 2.48 bits per heavy atom. The van der Waals surface area contributed by atoms with E-state index in [2.05, 4.69) is 36.5 Å². The first-order chi connectivity index (χ1) is 10.2. The zero-order chi connectivity index (χ0) is 15.1. The van der Waals surface area contributed by atoms with Crippen LogP contribution in [0.5, 0.6) is 0 Å². The highest BCUT2D eigenvalue weighted by Gasteiger charge is 2.01. The van der Waals surface area contributed by atoms with Gasteiger partial charge in [-0.25, -0.2) is 4.39 Å². The number of halogens is 1. The van der Waals surface area contributed by atoms with Gasteiger partial charge in [0.2, 0.25) is 0 Å². The molecule has 0 saturated heterocycles. The molecule has 1 N–H and O–H groups in total. The van der Waals surface area contributed by atoms with Crippen LogP contribution in [0.2, 0.25) is 0 Å². The quantitative estimate of drug-likeness (QED) is 0.664. The highest BCUT2D eigenvalue weighted by atomic mass is 19.1. The molecule has 0 spiro atoms. The number of aryl methyl sites for hydroxylation is 2. The molecule has 0 aliphatic carbocycles. The lowest BCUT2D eigenvalue weighted by Gasteiger charge is -2.10. The summed E-state index contributed by atoms with van der Waals surface area (Å²) in [5.74, 6) is -0.177. The third-order valence-electron chi connectivity index (χ3n) is 3.82. The predicted octanol–water partition coefficient (Wildman–Crippen LogP) is 5.48. The summed E-state index contributed by atoms with van der Waals surface area (Å²) >= 11 is 0. The number of hydrogen-bond acceptors (Lipinski definition) is 1. The molecule has 0 unspecified atom stereocenters. The molecule has 0 aromatic heterocycles. The van der Waals surface area contributed by atoms with E-state index in [0.717, 1.165) is 23.2 Å². The average molecular weight is 285 g/mol. The standard InChI is InChI=1S/C19H24FN/c1-3-4-5-6-16-8-11-19(12-9-16)21-14-17-13-18(20)10-7-15(17)2/h7-13,21H,3-6,14H2,1-2H3. The zero-order valence-corrected chi connectivity index (χ0v) is 13.0. The minimum atomic E-state index is -0.177. The Hall–Kier alpha value is -1.83. The van der Waals surface area contributed by atoms with Gasteiger partial charge >= 0.3 is 0 Å². The summed E-state index contributed by atoms with van der Waals surface area (Å²) in [6.07, 6.45) is 4.95. The maximum atomic E-state index is 13.2. The molecular weight excluding hydrogens is 261 g/mol.